The van der Waals surface area contributed by atoms with Crippen molar-refractivity contribution in [2.45, 2.75) is 18.6 Å². The van der Waals surface area contributed by atoms with Crippen LogP contribution in [-0.4, -0.2) is 41.6 Å². The second kappa shape index (κ2) is 4.08. The molecule has 1 N–H and O–H groups in total. The van der Waals surface area contributed by atoms with Gasteiger partial charge in [-0.1, -0.05) is 0 Å². The summed E-state index contributed by atoms with van der Waals surface area (Å²) in [6, 6.07) is 0. The number of carboxylic acids is 1. The Morgan fingerprint density at radius 2 is 2.14 bits per heavy atom. The van der Waals surface area contributed by atoms with E-state index in [1.165, 1.54) is 0 Å². The van der Waals surface area contributed by atoms with Gasteiger partial charge in [-0.25, -0.2) is 0 Å². The second-order valence-corrected chi connectivity index (χ2v) is 4.73. The molecule has 0 saturated carbocycles. The standard InChI is InChI=1S/C9H14O4S/c10-8(11)7-6-14-5-2-9(7)12-3-1-4-13-9/h7H,1-6H2,(H,10,11). The van der Waals surface area contributed by atoms with Crippen LogP contribution in [0.1, 0.15) is 12.8 Å². The van der Waals surface area contributed by atoms with Crippen LogP contribution in [0, 0.1) is 5.92 Å². The Kier molecular flexibility index (Phi) is 2.99. The van der Waals surface area contributed by atoms with E-state index >= 15 is 0 Å². The normalized spacial score (nSPS) is 31.6. The molecule has 2 heterocycles. The maximum absolute atomic E-state index is 11.1. The van der Waals surface area contributed by atoms with Crippen LogP contribution in [0.2, 0.25) is 0 Å². The van der Waals surface area contributed by atoms with Crippen molar-refractivity contribution in [1.82, 2.24) is 0 Å². The predicted octanol–water partition coefficient (Wildman–Crippen LogP) is 0.957. The van der Waals surface area contributed by atoms with E-state index in [1.807, 2.05) is 0 Å². The third-order valence-corrected chi connectivity index (χ3v) is 3.75. The minimum absolute atomic E-state index is 0.512. The van der Waals surface area contributed by atoms with Crippen LogP contribution in [0.3, 0.4) is 0 Å². The van der Waals surface area contributed by atoms with Crippen LogP contribution in [0.15, 0.2) is 0 Å². The highest BCUT2D eigenvalue weighted by Crippen LogP contribution is 2.38. The molecule has 2 aliphatic heterocycles. The first kappa shape index (κ1) is 10.3. The molecule has 0 aromatic rings. The fourth-order valence-corrected chi connectivity index (χ4v) is 3.14. The lowest BCUT2D eigenvalue weighted by atomic mass is 9.96. The van der Waals surface area contributed by atoms with Crippen molar-refractivity contribution in [3.63, 3.8) is 0 Å². The molecule has 0 radical (unpaired) electrons. The van der Waals surface area contributed by atoms with Gasteiger partial charge in [0, 0.05) is 12.2 Å². The summed E-state index contributed by atoms with van der Waals surface area (Å²) in [5.74, 6) is -0.630. The van der Waals surface area contributed by atoms with Crippen molar-refractivity contribution in [2.75, 3.05) is 24.7 Å². The zero-order valence-corrected chi connectivity index (χ0v) is 8.72. The minimum atomic E-state index is -0.824. The number of carbonyl (C=O) groups is 1. The molecule has 0 amide bonds. The summed E-state index contributed by atoms with van der Waals surface area (Å²) in [5, 5.41) is 9.08. The van der Waals surface area contributed by atoms with Gasteiger partial charge in [0.25, 0.3) is 0 Å². The van der Waals surface area contributed by atoms with Gasteiger partial charge in [0.1, 0.15) is 5.92 Å². The third kappa shape index (κ3) is 1.76. The van der Waals surface area contributed by atoms with Gasteiger partial charge in [0.15, 0.2) is 5.79 Å². The van der Waals surface area contributed by atoms with Crippen LogP contribution in [0.25, 0.3) is 0 Å². The van der Waals surface area contributed by atoms with Crippen molar-refractivity contribution >= 4 is 17.7 Å². The van der Waals surface area contributed by atoms with Gasteiger partial charge in [-0.2, -0.15) is 11.8 Å². The summed E-state index contributed by atoms with van der Waals surface area (Å²) < 4.78 is 11.1. The molecular formula is C9H14O4S. The average Bonchev–Trinajstić information content (AvgIpc) is 2.19. The lowest BCUT2D eigenvalue weighted by Gasteiger charge is -2.43. The molecule has 1 unspecified atom stereocenters. The van der Waals surface area contributed by atoms with E-state index in [-0.39, 0.29) is 0 Å². The average molecular weight is 218 g/mol. The van der Waals surface area contributed by atoms with E-state index in [0.29, 0.717) is 25.4 Å². The molecular weight excluding hydrogens is 204 g/mol. The van der Waals surface area contributed by atoms with E-state index in [9.17, 15) is 4.79 Å². The number of hydrogen-bond acceptors (Lipinski definition) is 4. The first-order valence-corrected chi connectivity index (χ1v) is 5.98. The number of rotatable bonds is 1. The van der Waals surface area contributed by atoms with Crippen LogP contribution in [-0.2, 0) is 14.3 Å². The highest BCUT2D eigenvalue weighted by atomic mass is 32.2. The number of ether oxygens (including phenoxy) is 2. The molecule has 4 nitrogen and oxygen atoms in total. The Morgan fingerprint density at radius 3 is 2.79 bits per heavy atom. The molecule has 1 spiro atoms. The Labute approximate surface area is 87.0 Å². The molecule has 2 aliphatic rings. The van der Waals surface area contributed by atoms with E-state index in [4.69, 9.17) is 14.6 Å². The van der Waals surface area contributed by atoms with E-state index in [0.717, 1.165) is 12.2 Å². The molecule has 0 aromatic carbocycles. The third-order valence-electron chi connectivity index (χ3n) is 2.69. The summed E-state index contributed by atoms with van der Waals surface area (Å²) >= 11 is 1.66. The van der Waals surface area contributed by atoms with Gasteiger partial charge in [0.05, 0.1) is 13.2 Å². The highest BCUT2D eigenvalue weighted by Gasteiger charge is 2.48. The smallest absolute Gasteiger partial charge is 0.312 e. The second-order valence-electron chi connectivity index (χ2n) is 3.58. The van der Waals surface area contributed by atoms with Crippen molar-refractivity contribution in [3.05, 3.63) is 0 Å². The van der Waals surface area contributed by atoms with Crippen molar-refractivity contribution in [1.29, 1.82) is 0 Å². The maximum atomic E-state index is 11.1. The zero-order chi connectivity index (χ0) is 10.0. The van der Waals surface area contributed by atoms with Gasteiger partial charge in [-0.05, 0) is 12.2 Å². The summed E-state index contributed by atoms with van der Waals surface area (Å²) in [5.41, 5.74) is 0. The quantitative estimate of drug-likeness (QED) is 0.710. The molecule has 2 fully saturated rings. The first-order chi connectivity index (χ1) is 6.75. The summed E-state index contributed by atoms with van der Waals surface area (Å²) in [7, 11) is 0. The Balaban J connectivity index is 2.14. The minimum Gasteiger partial charge on any atom is -0.481 e. The van der Waals surface area contributed by atoms with Crippen LogP contribution in [0.4, 0.5) is 0 Å². The van der Waals surface area contributed by atoms with Crippen molar-refractivity contribution in [2.24, 2.45) is 5.92 Å². The molecule has 1 atom stereocenters. The van der Waals surface area contributed by atoms with Gasteiger partial charge in [-0.15, -0.1) is 0 Å². The lowest BCUT2D eigenvalue weighted by molar-refractivity contribution is -0.290. The summed E-state index contributed by atoms with van der Waals surface area (Å²) in [6.07, 6.45) is 1.55. The summed E-state index contributed by atoms with van der Waals surface area (Å²) in [4.78, 5) is 11.1. The van der Waals surface area contributed by atoms with Crippen molar-refractivity contribution in [3.8, 4) is 0 Å². The van der Waals surface area contributed by atoms with E-state index < -0.39 is 17.7 Å². The topological polar surface area (TPSA) is 55.8 Å². The maximum Gasteiger partial charge on any atom is 0.312 e. The predicted molar refractivity (Wildman–Crippen MR) is 52.3 cm³/mol. The SMILES string of the molecule is O=C(O)C1CSCCC12OCCCO2. The van der Waals surface area contributed by atoms with Crippen LogP contribution < -0.4 is 0 Å². The molecule has 14 heavy (non-hydrogen) atoms. The fraction of sp³-hybridized carbons (Fsp3) is 0.889. The van der Waals surface area contributed by atoms with Crippen LogP contribution >= 0.6 is 11.8 Å². The largest absolute Gasteiger partial charge is 0.481 e. The number of carboxylic acid groups (broad SMARTS) is 1. The number of aliphatic carboxylic acids is 1. The highest BCUT2D eigenvalue weighted by molar-refractivity contribution is 7.99. The van der Waals surface area contributed by atoms with E-state index in [2.05, 4.69) is 0 Å². The Morgan fingerprint density at radius 1 is 1.43 bits per heavy atom. The van der Waals surface area contributed by atoms with Gasteiger partial charge in [0.2, 0.25) is 0 Å². The fourth-order valence-electron chi connectivity index (χ4n) is 1.91. The van der Waals surface area contributed by atoms with Gasteiger partial charge in [-0.3, -0.25) is 4.79 Å². The van der Waals surface area contributed by atoms with E-state index in [1.54, 1.807) is 11.8 Å². The molecule has 0 aliphatic carbocycles. The van der Waals surface area contributed by atoms with Crippen molar-refractivity contribution < 1.29 is 19.4 Å². The Bertz CT molecular complexity index is 217. The zero-order valence-electron chi connectivity index (χ0n) is 7.90. The molecule has 5 heteroatoms. The molecule has 80 valence electrons. The molecule has 2 saturated heterocycles. The molecule has 0 bridgehead atoms. The van der Waals surface area contributed by atoms with Gasteiger partial charge >= 0.3 is 5.97 Å². The van der Waals surface area contributed by atoms with Gasteiger partial charge < -0.3 is 14.6 Å². The van der Waals surface area contributed by atoms with Crippen LogP contribution in [0.5, 0.6) is 0 Å². The summed E-state index contributed by atoms with van der Waals surface area (Å²) in [6.45, 7) is 1.24. The molecule has 2 rings (SSSR count). The Hall–Kier alpha value is -0.260. The number of hydrogen-bond donors (Lipinski definition) is 1. The number of thioether (sulfide) groups is 1. The lowest BCUT2D eigenvalue weighted by Crippen LogP contribution is -2.53. The first-order valence-electron chi connectivity index (χ1n) is 4.83. The monoisotopic (exact) mass is 218 g/mol. The molecule has 0 aromatic heterocycles.